The van der Waals surface area contributed by atoms with Gasteiger partial charge in [-0.15, -0.1) is 22.7 Å². The zero-order valence-corrected chi connectivity index (χ0v) is 12.9. The molecule has 0 saturated carbocycles. The van der Waals surface area contributed by atoms with E-state index in [9.17, 15) is 0 Å². The quantitative estimate of drug-likeness (QED) is 0.620. The van der Waals surface area contributed by atoms with Crippen molar-refractivity contribution < 1.29 is 0 Å². The third-order valence-electron chi connectivity index (χ3n) is 2.96. The Labute approximate surface area is 134 Å². The van der Waals surface area contributed by atoms with Gasteiger partial charge >= 0.3 is 0 Å². The number of hydrogen-bond donors (Lipinski definition) is 1. The second-order valence-corrected chi connectivity index (χ2v) is 6.14. The Bertz CT molecular complexity index is 849. The molecule has 0 aliphatic heterocycles. The number of aromatic nitrogens is 5. The summed E-state index contributed by atoms with van der Waals surface area (Å²) in [5, 5.41) is 13.1. The third kappa shape index (κ3) is 2.61. The van der Waals surface area contributed by atoms with Gasteiger partial charge in [-0.05, 0) is 24.3 Å². The van der Waals surface area contributed by atoms with Crippen LogP contribution in [0.25, 0.3) is 16.4 Å². The smallest absolute Gasteiger partial charge is 0.187 e. The minimum absolute atomic E-state index is 0.846. The number of nitrogens with one attached hydrogen (secondary N) is 1. The van der Waals surface area contributed by atoms with Crippen molar-refractivity contribution in [1.29, 1.82) is 0 Å². The Morgan fingerprint density at radius 2 is 2.00 bits per heavy atom. The molecule has 0 aliphatic carbocycles. The largest absolute Gasteiger partial charge is 0.332 e. The number of thiazole rings is 2. The molecular weight excluding hydrogens is 316 g/mol. The van der Waals surface area contributed by atoms with E-state index in [1.54, 1.807) is 39.9 Å². The first-order chi connectivity index (χ1) is 10.9. The molecule has 0 unspecified atom stereocenters. The second-order valence-electron chi connectivity index (χ2n) is 4.39. The summed E-state index contributed by atoms with van der Waals surface area (Å²) >= 11 is 3.15. The first-order valence-corrected chi connectivity index (χ1v) is 8.22. The second kappa shape index (κ2) is 5.66. The van der Waals surface area contributed by atoms with Gasteiger partial charge in [-0.25, -0.2) is 19.6 Å². The number of anilines is 2. The Morgan fingerprint density at radius 1 is 1.09 bits per heavy atom. The molecule has 108 valence electrons. The van der Waals surface area contributed by atoms with Crippen LogP contribution in [-0.4, -0.2) is 24.7 Å². The summed E-state index contributed by atoms with van der Waals surface area (Å²) in [5.41, 5.74) is 2.84. The topological polar surface area (TPSA) is 68.5 Å². The van der Waals surface area contributed by atoms with E-state index in [0.29, 0.717) is 0 Å². The van der Waals surface area contributed by atoms with Crippen molar-refractivity contribution in [1.82, 2.24) is 24.7 Å². The maximum atomic E-state index is 4.55. The molecule has 8 heteroatoms. The minimum Gasteiger partial charge on any atom is -0.332 e. The summed E-state index contributed by atoms with van der Waals surface area (Å²) in [5.74, 6) is 0. The molecule has 1 N–H and O–H groups in total. The fraction of sp³-hybridized carbons (Fsp3) is 0. The minimum atomic E-state index is 0.846. The maximum Gasteiger partial charge on any atom is 0.187 e. The molecule has 0 radical (unpaired) electrons. The molecule has 0 fully saturated rings. The average molecular weight is 326 g/mol. The summed E-state index contributed by atoms with van der Waals surface area (Å²) < 4.78 is 1.72. The molecule has 0 bridgehead atoms. The molecule has 0 saturated heterocycles. The summed E-state index contributed by atoms with van der Waals surface area (Å²) in [4.78, 5) is 12.8. The van der Waals surface area contributed by atoms with E-state index in [-0.39, 0.29) is 0 Å². The predicted octanol–water partition coefficient (Wildman–Crippen LogP) is 3.59. The highest BCUT2D eigenvalue weighted by Crippen LogP contribution is 2.28. The van der Waals surface area contributed by atoms with E-state index in [1.807, 2.05) is 35.0 Å². The summed E-state index contributed by atoms with van der Waals surface area (Å²) in [6.45, 7) is 0. The molecule has 6 nitrogen and oxygen atoms in total. The molecule has 0 aliphatic rings. The van der Waals surface area contributed by atoms with Crippen LogP contribution < -0.4 is 5.32 Å². The van der Waals surface area contributed by atoms with Gasteiger partial charge in [0, 0.05) is 22.6 Å². The zero-order chi connectivity index (χ0) is 14.8. The lowest BCUT2D eigenvalue weighted by Gasteiger charge is -2.04. The van der Waals surface area contributed by atoms with E-state index in [1.165, 1.54) is 6.33 Å². The highest BCUT2D eigenvalue weighted by Gasteiger charge is 2.07. The number of hydrogen-bond acceptors (Lipinski definition) is 7. The molecule has 3 aromatic heterocycles. The lowest BCUT2D eigenvalue weighted by molar-refractivity contribution is 0.879. The van der Waals surface area contributed by atoms with Crippen molar-refractivity contribution in [3.8, 4) is 16.4 Å². The SMILES string of the molecule is c1csc(-c2csc(Nc3ccc(-n4cncn4)cc3)n2)n1. The van der Waals surface area contributed by atoms with Gasteiger partial charge in [-0.3, -0.25) is 0 Å². The lowest BCUT2D eigenvalue weighted by atomic mass is 10.3. The summed E-state index contributed by atoms with van der Waals surface area (Å²) in [6, 6.07) is 7.93. The van der Waals surface area contributed by atoms with Gasteiger partial charge in [0.1, 0.15) is 23.4 Å². The van der Waals surface area contributed by atoms with Crippen LogP contribution in [0.15, 0.2) is 53.9 Å². The molecule has 3 heterocycles. The zero-order valence-electron chi connectivity index (χ0n) is 11.2. The average Bonchev–Trinajstić information content (AvgIpc) is 3.30. The van der Waals surface area contributed by atoms with Gasteiger partial charge < -0.3 is 5.32 Å². The van der Waals surface area contributed by atoms with Crippen molar-refractivity contribution in [2.24, 2.45) is 0 Å². The Morgan fingerprint density at radius 3 is 2.73 bits per heavy atom. The van der Waals surface area contributed by atoms with Crippen LogP contribution in [0.2, 0.25) is 0 Å². The van der Waals surface area contributed by atoms with Crippen molar-refractivity contribution in [3.05, 3.63) is 53.9 Å². The van der Waals surface area contributed by atoms with Crippen molar-refractivity contribution in [3.63, 3.8) is 0 Å². The van der Waals surface area contributed by atoms with Gasteiger partial charge in [-0.1, -0.05) is 0 Å². The van der Waals surface area contributed by atoms with E-state index in [0.717, 1.165) is 27.2 Å². The van der Waals surface area contributed by atoms with Gasteiger partial charge in [0.05, 0.1) is 5.69 Å². The van der Waals surface area contributed by atoms with Crippen LogP contribution in [0.4, 0.5) is 10.8 Å². The van der Waals surface area contributed by atoms with Gasteiger partial charge in [-0.2, -0.15) is 5.10 Å². The molecule has 1 aromatic carbocycles. The Kier molecular flexibility index (Phi) is 3.37. The van der Waals surface area contributed by atoms with E-state index in [4.69, 9.17) is 0 Å². The molecule has 0 atom stereocenters. The van der Waals surface area contributed by atoms with E-state index >= 15 is 0 Å². The van der Waals surface area contributed by atoms with Crippen LogP contribution in [0.1, 0.15) is 0 Å². The first-order valence-electron chi connectivity index (χ1n) is 6.46. The molecule has 22 heavy (non-hydrogen) atoms. The van der Waals surface area contributed by atoms with Crippen LogP contribution in [0.3, 0.4) is 0 Å². The van der Waals surface area contributed by atoms with Gasteiger partial charge in [0.2, 0.25) is 0 Å². The monoisotopic (exact) mass is 326 g/mol. The molecule has 4 aromatic rings. The number of benzene rings is 1. The predicted molar refractivity (Wildman–Crippen MR) is 87.9 cm³/mol. The van der Waals surface area contributed by atoms with E-state index < -0.39 is 0 Å². The standard InChI is InChI=1S/C14H10N6S2/c1-3-11(20-9-15-8-17-20)4-2-10(1)18-14-19-12(7-22-14)13-16-5-6-21-13/h1-9H,(H,18,19). The number of rotatable bonds is 4. The maximum absolute atomic E-state index is 4.55. The van der Waals surface area contributed by atoms with Crippen molar-refractivity contribution in [2.45, 2.75) is 0 Å². The normalized spacial score (nSPS) is 10.7. The molecule has 0 spiro atoms. The Hall–Kier alpha value is -2.58. The van der Waals surface area contributed by atoms with Crippen LogP contribution in [0.5, 0.6) is 0 Å². The summed E-state index contributed by atoms with van der Waals surface area (Å²) in [6.07, 6.45) is 4.97. The lowest BCUT2D eigenvalue weighted by Crippen LogP contribution is -1.95. The highest BCUT2D eigenvalue weighted by atomic mass is 32.1. The molecule has 0 amide bonds. The van der Waals surface area contributed by atoms with Crippen molar-refractivity contribution >= 4 is 33.5 Å². The molecule has 4 rings (SSSR count). The Balaban J connectivity index is 1.52. The van der Waals surface area contributed by atoms with E-state index in [2.05, 4.69) is 25.4 Å². The highest BCUT2D eigenvalue weighted by molar-refractivity contribution is 7.15. The van der Waals surface area contributed by atoms with Gasteiger partial charge in [0.25, 0.3) is 0 Å². The van der Waals surface area contributed by atoms with Crippen LogP contribution in [-0.2, 0) is 0 Å². The molecular formula is C14H10N6S2. The first kappa shape index (κ1) is 13.1. The van der Waals surface area contributed by atoms with Gasteiger partial charge in [0.15, 0.2) is 5.13 Å². The third-order valence-corrected chi connectivity index (χ3v) is 4.51. The number of nitrogens with zero attached hydrogens (tertiary/aromatic N) is 5. The fourth-order valence-corrected chi connectivity index (χ4v) is 3.33. The van der Waals surface area contributed by atoms with Crippen LogP contribution in [0, 0.1) is 0 Å². The fourth-order valence-electron chi connectivity index (χ4n) is 1.94. The van der Waals surface area contributed by atoms with Crippen molar-refractivity contribution in [2.75, 3.05) is 5.32 Å². The summed E-state index contributed by atoms with van der Waals surface area (Å²) in [7, 11) is 0. The van der Waals surface area contributed by atoms with Crippen LogP contribution >= 0.6 is 22.7 Å².